The molecule has 43 heavy (non-hydrogen) atoms. The Morgan fingerprint density at radius 1 is 0.744 bits per heavy atom. The van der Waals surface area contributed by atoms with Gasteiger partial charge in [0.2, 0.25) is 0 Å². The summed E-state index contributed by atoms with van der Waals surface area (Å²) >= 11 is 1.30. The van der Waals surface area contributed by atoms with E-state index in [1.807, 2.05) is 54.6 Å². The zero-order valence-corrected chi connectivity index (χ0v) is 30.8. The Morgan fingerprint density at radius 3 is 1.67 bits per heavy atom. The van der Waals surface area contributed by atoms with Crippen molar-refractivity contribution in [3.05, 3.63) is 155 Å². The van der Waals surface area contributed by atoms with E-state index < -0.39 is 0 Å². The van der Waals surface area contributed by atoms with Crippen molar-refractivity contribution < 1.29 is 24.2 Å². The molecule has 0 nitrogen and oxygen atoms in total. The Balaban J connectivity index is 0.000000546. The molecular weight excluding hydrogens is 643 g/mol. The van der Waals surface area contributed by atoms with Gasteiger partial charge in [-0.2, -0.15) is 113 Å². The van der Waals surface area contributed by atoms with Crippen molar-refractivity contribution >= 4 is 29.0 Å². The van der Waals surface area contributed by atoms with Crippen LogP contribution in [0.15, 0.2) is 109 Å². The maximum absolute atomic E-state index is 3.40. The monoisotopic (exact) mass is 686 g/mol. The SMILES string of the molecule is CC(C)C1[C-]=CC(C(C)(C)C)=C1.Cc1cc[c-]cc1.Cc1cc[c-]cc1.Cl.Cl.[CH2]=[Zr].[c-]1cccc2c1Cc1ccccc1-2. The Kier molecular flexibility index (Phi) is 20.3. The van der Waals surface area contributed by atoms with Gasteiger partial charge < -0.3 is 0 Å². The fourth-order valence-electron chi connectivity index (χ4n) is 4.27. The predicted molar refractivity (Wildman–Crippen MR) is 189 cm³/mol. The van der Waals surface area contributed by atoms with Crippen molar-refractivity contribution in [1.29, 1.82) is 0 Å². The van der Waals surface area contributed by atoms with Gasteiger partial charge in [0.1, 0.15) is 0 Å². The van der Waals surface area contributed by atoms with Gasteiger partial charge in [-0.05, 0) is 6.42 Å². The smallest absolute Gasteiger partial charge is 0.0253 e. The summed E-state index contributed by atoms with van der Waals surface area (Å²) in [6, 6.07) is 39.7. The molecule has 2 aliphatic rings. The quantitative estimate of drug-likeness (QED) is 0.154. The molecule has 0 saturated heterocycles. The van der Waals surface area contributed by atoms with E-state index in [-0.39, 0.29) is 30.2 Å². The molecule has 4 aromatic rings. The van der Waals surface area contributed by atoms with Gasteiger partial charge in [0.25, 0.3) is 0 Å². The fourth-order valence-corrected chi connectivity index (χ4v) is 4.27. The third kappa shape index (κ3) is 14.3. The van der Waals surface area contributed by atoms with Crippen LogP contribution in [0.5, 0.6) is 0 Å². The van der Waals surface area contributed by atoms with E-state index >= 15 is 0 Å². The molecule has 6 rings (SSSR count). The van der Waals surface area contributed by atoms with Gasteiger partial charge in [-0.15, -0.1) is 30.4 Å². The molecule has 1 atom stereocenters. The average Bonchev–Trinajstić information content (AvgIpc) is 3.62. The molecule has 0 spiro atoms. The Morgan fingerprint density at radius 2 is 1.26 bits per heavy atom. The molecule has 2 aliphatic carbocycles. The Bertz CT molecular complexity index is 1290. The minimum Gasteiger partial charge on any atom is -0.179 e. The Labute approximate surface area is 289 Å². The van der Waals surface area contributed by atoms with Crippen molar-refractivity contribution in [3.63, 3.8) is 0 Å². The van der Waals surface area contributed by atoms with Crippen molar-refractivity contribution in [2.45, 2.75) is 54.9 Å². The van der Waals surface area contributed by atoms with Crippen LogP contribution >= 0.6 is 24.8 Å². The van der Waals surface area contributed by atoms with E-state index in [9.17, 15) is 0 Å². The summed E-state index contributed by atoms with van der Waals surface area (Å²) < 4.78 is 3.34. The number of aryl methyl sites for hydroxylation is 2. The van der Waals surface area contributed by atoms with Crippen molar-refractivity contribution in [2.24, 2.45) is 17.3 Å². The summed E-state index contributed by atoms with van der Waals surface area (Å²) in [4.78, 5) is 0. The van der Waals surface area contributed by atoms with E-state index in [1.54, 1.807) is 0 Å². The van der Waals surface area contributed by atoms with Crippen LogP contribution in [0.2, 0.25) is 0 Å². The van der Waals surface area contributed by atoms with Crippen molar-refractivity contribution in [3.8, 4) is 11.1 Å². The molecule has 228 valence electrons. The molecule has 0 fully saturated rings. The van der Waals surface area contributed by atoms with Gasteiger partial charge in [0, 0.05) is 0 Å². The molecule has 1 unspecified atom stereocenters. The zero-order chi connectivity index (χ0) is 30.3. The van der Waals surface area contributed by atoms with Crippen LogP contribution in [0.1, 0.15) is 56.9 Å². The molecule has 0 saturated carbocycles. The first kappa shape index (κ1) is 40.7. The summed E-state index contributed by atoms with van der Waals surface area (Å²) in [6.45, 7) is 15.4. The molecule has 0 amide bonds. The molecular formula is C40H46Cl2Zr-4. The van der Waals surface area contributed by atoms with Crippen LogP contribution in [0.25, 0.3) is 11.1 Å². The van der Waals surface area contributed by atoms with Gasteiger partial charge in [-0.25, -0.2) is 6.08 Å². The topological polar surface area (TPSA) is 0 Å². The van der Waals surface area contributed by atoms with Crippen LogP contribution in [0.3, 0.4) is 0 Å². The largest absolute Gasteiger partial charge is 0.179 e. The van der Waals surface area contributed by atoms with E-state index in [2.05, 4.69) is 126 Å². The number of benzene rings is 4. The normalized spacial score (nSPS) is 13.2. The van der Waals surface area contributed by atoms with E-state index in [0.717, 1.165) is 6.42 Å². The van der Waals surface area contributed by atoms with Gasteiger partial charge in [-0.3, -0.25) is 6.08 Å². The summed E-state index contributed by atoms with van der Waals surface area (Å²) in [5.74, 6) is 1.22. The molecule has 0 bridgehead atoms. The van der Waals surface area contributed by atoms with Crippen molar-refractivity contribution in [2.75, 3.05) is 0 Å². The van der Waals surface area contributed by atoms with Crippen LogP contribution in [0.4, 0.5) is 0 Å². The zero-order valence-electron chi connectivity index (χ0n) is 26.7. The third-order valence-corrected chi connectivity index (χ3v) is 6.76. The maximum Gasteiger partial charge on any atom is -0.0253 e. The Hall–Kier alpha value is -2.31. The molecule has 0 radical (unpaired) electrons. The minimum absolute atomic E-state index is 0. The first-order chi connectivity index (χ1) is 19.6. The van der Waals surface area contributed by atoms with Gasteiger partial charge in [0.15, 0.2) is 0 Å². The number of hydrogen-bond donors (Lipinski definition) is 0. The predicted octanol–water partition coefficient (Wildman–Crippen LogP) is 11.1. The van der Waals surface area contributed by atoms with Gasteiger partial charge >= 0.3 is 28.4 Å². The molecule has 0 aromatic heterocycles. The molecule has 0 heterocycles. The number of hydrogen-bond acceptors (Lipinski definition) is 0. The summed E-state index contributed by atoms with van der Waals surface area (Å²) in [7, 11) is 0. The summed E-state index contributed by atoms with van der Waals surface area (Å²) in [5, 5.41) is 0. The minimum atomic E-state index is 0. The average molecular weight is 689 g/mol. The van der Waals surface area contributed by atoms with Gasteiger partial charge in [-0.1, -0.05) is 101 Å². The standard InChI is InChI=1S/C13H9.C12H19.2C7H7.CH2.2ClH.Zr/c1-3-7-12-10(5-1)9-11-6-2-4-8-13(11)12;1-9(2)10-6-7-11(8-10)12(3,4)5;2*1-7-5-3-2-4-6-7;;;;/h1-5,7-8H,9H2;7-10H,1-5H3;2*3-6H,1H3;1H2;2*1H;/q4*-1;;;;. The molecule has 4 aromatic carbocycles. The van der Waals surface area contributed by atoms with Crippen LogP contribution in [-0.4, -0.2) is 4.21 Å². The summed E-state index contributed by atoms with van der Waals surface area (Å²) in [6.07, 6.45) is 8.95. The van der Waals surface area contributed by atoms with E-state index in [1.165, 1.54) is 63.2 Å². The molecule has 0 N–H and O–H groups in total. The molecule has 3 heteroatoms. The first-order valence-corrected chi connectivity index (χ1v) is 16.0. The second-order valence-corrected chi connectivity index (χ2v) is 11.5. The second-order valence-electron chi connectivity index (χ2n) is 11.5. The van der Waals surface area contributed by atoms with E-state index in [0.29, 0.717) is 11.8 Å². The number of halogens is 2. The summed E-state index contributed by atoms with van der Waals surface area (Å²) in [5.41, 5.74) is 9.81. The third-order valence-electron chi connectivity index (χ3n) is 6.76. The van der Waals surface area contributed by atoms with E-state index in [4.69, 9.17) is 0 Å². The maximum atomic E-state index is 3.40. The van der Waals surface area contributed by atoms with Crippen LogP contribution < -0.4 is 0 Å². The fraction of sp³-hybridized carbons (Fsp3) is 0.275. The number of allylic oxidation sites excluding steroid dienone is 4. The number of fused-ring (bicyclic) bond motifs is 3. The number of rotatable bonds is 1. The van der Waals surface area contributed by atoms with Crippen LogP contribution in [-0.2, 0) is 30.7 Å². The second kappa shape index (κ2) is 21.4. The first-order valence-electron chi connectivity index (χ1n) is 14.3. The van der Waals surface area contributed by atoms with Crippen LogP contribution in [0, 0.1) is 55.4 Å². The van der Waals surface area contributed by atoms with Crippen molar-refractivity contribution in [1.82, 2.24) is 0 Å². The van der Waals surface area contributed by atoms with Gasteiger partial charge in [0.05, 0.1) is 0 Å². The molecule has 0 aliphatic heterocycles.